The van der Waals surface area contributed by atoms with Gasteiger partial charge in [-0.25, -0.2) is 16.8 Å². The molecule has 2 aliphatic rings. The third-order valence-electron chi connectivity index (χ3n) is 7.83. The van der Waals surface area contributed by atoms with E-state index in [0.717, 1.165) is 18.4 Å². The second-order valence-corrected chi connectivity index (χ2v) is 14.7. The lowest BCUT2D eigenvalue weighted by Crippen LogP contribution is -2.46. The molecule has 39 heavy (non-hydrogen) atoms. The third kappa shape index (κ3) is 6.14. The molecule has 212 valence electrons. The first-order chi connectivity index (χ1) is 18.6. The highest BCUT2D eigenvalue weighted by Crippen LogP contribution is 2.41. The number of ether oxygens (including phenoxy) is 2. The molecule has 1 aromatic carbocycles. The molecule has 2 saturated heterocycles. The number of aliphatic hydroxyl groups is 1. The minimum atomic E-state index is -3.64. The molecule has 2 fully saturated rings. The van der Waals surface area contributed by atoms with Gasteiger partial charge in [-0.3, -0.25) is 4.98 Å². The topological polar surface area (TPSA) is 139 Å². The Labute approximate surface area is 229 Å². The molecule has 4 heterocycles. The summed E-state index contributed by atoms with van der Waals surface area (Å²) in [6.45, 7) is 3.04. The fourth-order valence-corrected chi connectivity index (χ4v) is 7.77. The number of sulfonamides is 1. The third-order valence-corrected chi connectivity index (χ3v) is 11.4. The van der Waals surface area contributed by atoms with Crippen LogP contribution in [-0.4, -0.2) is 80.0 Å². The van der Waals surface area contributed by atoms with Crippen molar-refractivity contribution in [1.82, 2.24) is 14.3 Å². The number of fused-ring (bicyclic) bond motifs is 1. The summed E-state index contributed by atoms with van der Waals surface area (Å²) in [4.78, 5) is 7.66. The molecule has 0 saturated carbocycles. The van der Waals surface area contributed by atoms with Crippen molar-refractivity contribution in [2.75, 3.05) is 32.1 Å². The lowest BCUT2D eigenvalue weighted by molar-refractivity contribution is -0.0314. The van der Waals surface area contributed by atoms with Gasteiger partial charge in [0, 0.05) is 25.5 Å². The number of aromatic nitrogens is 2. The van der Waals surface area contributed by atoms with Crippen LogP contribution in [0.15, 0.2) is 58.6 Å². The van der Waals surface area contributed by atoms with E-state index in [1.807, 2.05) is 0 Å². The van der Waals surface area contributed by atoms with Crippen LogP contribution >= 0.6 is 0 Å². The minimum absolute atomic E-state index is 0.0135. The fraction of sp³-hybridized carbons (Fsp3) is 0.519. The summed E-state index contributed by atoms with van der Waals surface area (Å²) in [6.07, 6.45) is 5.85. The van der Waals surface area contributed by atoms with Crippen LogP contribution in [0.1, 0.15) is 39.0 Å². The molecule has 0 bridgehead atoms. The Kier molecular flexibility index (Phi) is 8.03. The molecule has 2 N–H and O–H groups in total. The van der Waals surface area contributed by atoms with Crippen LogP contribution in [0, 0.1) is 5.92 Å². The SMILES string of the molecule is CCS(=O)(=O)c1cccc(OC[C@@H](O)CC[C@H]2COC3(CCN(S(=O)(=O)c4cnc5cc[nH]c5c4)CC3)C2)c1. The summed E-state index contributed by atoms with van der Waals surface area (Å²) in [6, 6.07) is 9.77. The normalized spacial score (nSPS) is 20.9. The molecular weight excluding hydrogens is 542 g/mol. The monoisotopic (exact) mass is 577 g/mol. The number of pyridine rings is 1. The molecule has 12 heteroatoms. The Bertz CT molecular complexity index is 1510. The van der Waals surface area contributed by atoms with Gasteiger partial charge < -0.3 is 19.6 Å². The predicted octanol–water partition coefficient (Wildman–Crippen LogP) is 3.14. The number of sulfone groups is 1. The first kappa shape index (κ1) is 28.0. The molecule has 5 rings (SSSR count). The molecule has 0 unspecified atom stereocenters. The van der Waals surface area contributed by atoms with Crippen LogP contribution in [-0.2, 0) is 24.6 Å². The molecule has 3 aromatic rings. The number of hydrogen-bond donors (Lipinski definition) is 2. The minimum Gasteiger partial charge on any atom is -0.491 e. The predicted molar refractivity (Wildman–Crippen MR) is 146 cm³/mol. The zero-order chi connectivity index (χ0) is 27.7. The Morgan fingerprint density at radius 2 is 1.97 bits per heavy atom. The molecular formula is C27H35N3O7S2. The Morgan fingerprint density at radius 1 is 1.18 bits per heavy atom. The first-order valence-corrected chi connectivity index (χ1v) is 16.4. The van der Waals surface area contributed by atoms with Crippen molar-refractivity contribution >= 4 is 30.9 Å². The second-order valence-electron chi connectivity index (χ2n) is 10.5. The van der Waals surface area contributed by atoms with Crippen molar-refractivity contribution in [2.45, 2.75) is 60.5 Å². The number of nitrogens with zero attached hydrogens (tertiary/aromatic N) is 2. The van der Waals surface area contributed by atoms with Gasteiger partial charge >= 0.3 is 0 Å². The van der Waals surface area contributed by atoms with Crippen LogP contribution in [0.3, 0.4) is 0 Å². The van der Waals surface area contributed by atoms with Crippen molar-refractivity contribution in [3.05, 3.63) is 48.8 Å². The zero-order valence-corrected chi connectivity index (χ0v) is 23.6. The van der Waals surface area contributed by atoms with Crippen LogP contribution in [0.4, 0.5) is 0 Å². The van der Waals surface area contributed by atoms with E-state index in [0.29, 0.717) is 50.2 Å². The van der Waals surface area contributed by atoms with Crippen molar-refractivity contribution < 1.29 is 31.4 Å². The maximum absolute atomic E-state index is 13.2. The Morgan fingerprint density at radius 3 is 2.74 bits per heavy atom. The summed E-state index contributed by atoms with van der Waals surface area (Å²) in [5.41, 5.74) is 1.09. The van der Waals surface area contributed by atoms with E-state index < -0.39 is 26.0 Å². The van der Waals surface area contributed by atoms with Gasteiger partial charge in [-0.1, -0.05) is 13.0 Å². The number of aromatic amines is 1. The molecule has 1 spiro atoms. The molecule has 0 aliphatic carbocycles. The van der Waals surface area contributed by atoms with Crippen LogP contribution < -0.4 is 4.74 Å². The van der Waals surface area contributed by atoms with Crippen LogP contribution in [0.5, 0.6) is 5.75 Å². The maximum Gasteiger partial charge on any atom is 0.244 e. The number of rotatable bonds is 10. The first-order valence-electron chi connectivity index (χ1n) is 13.3. The summed E-state index contributed by atoms with van der Waals surface area (Å²) < 4.78 is 64.0. The van der Waals surface area contributed by atoms with Gasteiger partial charge in [0.2, 0.25) is 10.0 Å². The second kappa shape index (κ2) is 11.2. The Balaban J connectivity index is 1.08. The molecule has 2 aliphatic heterocycles. The number of H-pyrrole nitrogens is 1. The van der Waals surface area contributed by atoms with E-state index in [4.69, 9.17) is 9.47 Å². The highest BCUT2D eigenvalue weighted by atomic mass is 32.2. The molecule has 0 amide bonds. The summed E-state index contributed by atoms with van der Waals surface area (Å²) in [5, 5.41) is 10.5. The largest absolute Gasteiger partial charge is 0.491 e. The fourth-order valence-electron chi connectivity index (χ4n) is 5.44. The van der Waals surface area contributed by atoms with Gasteiger partial charge in [0.15, 0.2) is 9.84 Å². The van der Waals surface area contributed by atoms with Gasteiger partial charge in [-0.15, -0.1) is 0 Å². The van der Waals surface area contributed by atoms with E-state index in [1.165, 1.54) is 22.6 Å². The zero-order valence-electron chi connectivity index (χ0n) is 22.0. The average Bonchev–Trinajstić information content (AvgIpc) is 3.58. The number of nitrogens with one attached hydrogen (secondary N) is 1. The van der Waals surface area contributed by atoms with E-state index in [1.54, 1.807) is 37.4 Å². The summed E-state index contributed by atoms with van der Waals surface area (Å²) >= 11 is 0. The van der Waals surface area contributed by atoms with Crippen molar-refractivity contribution in [2.24, 2.45) is 5.92 Å². The highest BCUT2D eigenvalue weighted by Gasteiger charge is 2.44. The van der Waals surface area contributed by atoms with E-state index in [9.17, 15) is 21.9 Å². The quantitative estimate of drug-likeness (QED) is 0.375. The van der Waals surface area contributed by atoms with Gasteiger partial charge in [0.05, 0.1) is 40.0 Å². The van der Waals surface area contributed by atoms with Crippen LogP contribution in [0.2, 0.25) is 0 Å². The Hall–Kier alpha value is -2.51. The number of benzene rings is 1. The van der Waals surface area contributed by atoms with Crippen molar-refractivity contribution in [1.29, 1.82) is 0 Å². The van der Waals surface area contributed by atoms with Gasteiger partial charge in [0.25, 0.3) is 0 Å². The standard InChI is InChI=1S/C27H35N3O7S2/c1-2-38(32,33)23-5-3-4-22(14-23)36-19-21(31)7-6-20-16-27(37-18-20)9-12-30(13-10-27)39(34,35)24-15-26-25(29-17-24)8-11-28-26/h3-5,8,11,14-15,17,20-21,28,31H,2,6-7,9-10,12-13,16,18-19H2,1H3/t20-,21+/m1/s1. The maximum atomic E-state index is 13.2. The molecule has 0 radical (unpaired) electrons. The van der Waals surface area contributed by atoms with Crippen molar-refractivity contribution in [3.8, 4) is 5.75 Å². The van der Waals surface area contributed by atoms with Crippen molar-refractivity contribution in [3.63, 3.8) is 0 Å². The van der Waals surface area contributed by atoms with E-state index in [-0.39, 0.29) is 33.7 Å². The van der Waals surface area contributed by atoms with Crippen LogP contribution in [0.25, 0.3) is 11.0 Å². The summed E-state index contributed by atoms with van der Waals surface area (Å²) in [7, 11) is -6.96. The van der Waals surface area contributed by atoms with Gasteiger partial charge in [-0.05, 0) is 68.4 Å². The van der Waals surface area contributed by atoms with Gasteiger partial charge in [0.1, 0.15) is 17.3 Å². The number of aliphatic hydroxyl groups excluding tert-OH is 1. The lowest BCUT2D eigenvalue weighted by Gasteiger charge is -2.38. The van der Waals surface area contributed by atoms with E-state index in [2.05, 4.69) is 9.97 Å². The summed E-state index contributed by atoms with van der Waals surface area (Å²) in [5.74, 6) is 0.706. The lowest BCUT2D eigenvalue weighted by atomic mass is 9.84. The number of hydrogen-bond acceptors (Lipinski definition) is 8. The highest BCUT2D eigenvalue weighted by molar-refractivity contribution is 7.91. The number of piperidine rings is 1. The average molecular weight is 578 g/mol. The molecule has 2 aromatic heterocycles. The molecule has 10 nitrogen and oxygen atoms in total. The molecule has 2 atom stereocenters. The smallest absolute Gasteiger partial charge is 0.244 e. The van der Waals surface area contributed by atoms with E-state index >= 15 is 0 Å². The van der Waals surface area contributed by atoms with Gasteiger partial charge in [-0.2, -0.15) is 4.31 Å².